The monoisotopic (exact) mass is 361 g/mol. The highest BCUT2D eigenvalue weighted by atomic mass is 79.9. The van der Waals surface area contributed by atoms with Crippen LogP contribution in [0.15, 0.2) is 21.2 Å². The lowest BCUT2D eigenvalue weighted by molar-refractivity contribution is -0.140. The van der Waals surface area contributed by atoms with Crippen LogP contribution in [0.1, 0.15) is 30.3 Å². The Balaban J connectivity index is 2.61. The third-order valence-electron chi connectivity index (χ3n) is 2.81. The van der Waals surface area contributed by atoms with E-state index in [0.717, 1.165) is 0 Å². The first-order valence-corrected chi connectivity index (χ1v) is 7.57. The van der Waals surface area contributed by atoms with E-state index in [0.29, 0.717) is 30.8 Å². The van der Waals surface area contributed by atoms with E-state index in [-0.39, 0.29) is 30.6 Å². The van der Waals surface area contributed by atoms with Crippen LogP contribution in [0.5, 0.6) is 0 Å². The molecule has 1 aromatic rings. The van der Waals surface area contributed by atoms with Crippen LogP contribution >= 0.6 is 15.9 Å². The van der Waals surface area contributed by atoms with Crippen LogP contribution in [-0.2, 0) is 14.3 Å². The number of amides is 1. The molecule has 21 heavy (non-hydrogen) atoms. The molecule has 0 aliphatic carbocycles. The zero-order valence-electron chi connectivity index (χ0n) is 12.3. The molecule has 0 aliphatic heterocycles. The molecule has 0 saturated carbocycles. The lowest BCUT2D eigenvalue weighted by Gasteiger charge is -2.21. The minimum atomic E-state index is -0.349. The van der Waals surface area contributed by atoms with Crippen molar-refractivity contribution in [1.82, 2.24) is 4.90 Å². The molecule has 1 heterocycles. The fourth-order valence-corrected chi connectivity index (χ4v) is 2.04. The largest absolute Gasteiger partial charge is 0.469 e. The predicted molar refractivity (Wildman–Crippen MR) is 80.1 cm³/mol. The molecular formula is C14H20BrNO5. The smallest absolute Gasteiger partial charge is 0.307 e. The summed E-state index contributed by atoms with van der Waals surface area (Å²) in [5.74, 6) is -0.359. The van der Waals surface area contributed by atoms with Crippen molar-refractivity contribution in [2.45, 2.75) is 19.8 Å². The highest BCUT2D eigenvalue weighted by Gasteiger charge is 2.19. The average molecular weight is 362 g/mol. The SMILES string of the molecule is CCOCCCN(CCC(=O)OC)C(=O)c1ccc(Br)o1. The minimum Gasteiger partial charge on any atom is -0.469 e. The lowest BCUT2D eigenvalue weighted by atomic mass is 10.3. The van der Waals surface area contributed by atoms with Gasteiger partial charge in [-0.3, -0.25) is 9.59 Å². The van der Waals surface area contributed by atoms with E-state index in [1.54, 1.807) is 17.0 Å². The van der Waals surface area contributed by atoms with Gasteiger partial charge in [-0.05, 0) is 41.4 Å². The number of halogens is 1. The first kappa shape index (κ1) is 17.7. The molecule has 0 atom stereocenters. The first-order valence-electron chi connectivity index (χ1n) is 6.77. The van der Waals surface area contributed by atoms with Gasteiger partial charge >= 0.3 is 5.97 Å². The van der Waals surface area contributed by atoms with Crippen molar-refractivity contribution in [2.75, 3.05) is 33.4 Å². The van der Waals surface area contributed by atoms with Gasteiger partial charge in [0.25, 0.3) is 5.91 Å². The molecule has 0 radical (unpaired) electrons. The van der Waals surface area contributed by atoms with Gasteiger partial charge in [-0.25, -0.2) is 0 Å². The number of carbonyl (C=O) groups excluding carboxylic acids is 2. The molecule has 6 nitrogen and oxygen atoms in total. The van der Waals surface area contributed by atoms with Crippen molar-refractivity contribution in [3.05, 3.63) is 22.6 Å². The molecule has 0 fully saturated rings. The summed E-state index contributed by atoms with van der Waals surface area (Å²) in [6, 6.07) is 3.26. The molecule has 1 aromatic heterocycles. The van der Waals surface area contributed by atoms with E-state index in [9.17, 15) is 9.59 Å². The Bertz CT molecular complexity index is 460. The topological polar surface area (TPSA) is 69.0 Å². The van der Waals surface area contributed by atoms with Gasteiger partial charge in [-0.2, -0.15) is 0 Å². The van der Waals surface area contributed by atoms with Crippen LogP contribution in [0.3, 0.4) is 0 Å². The second-order valence-electron chi connectivity index (χ2n) is 4.27. The molecular weight excluding hydrogens is 342 g/mol. The summed E-state index contributed by atoms with van der Waals surface area (Å²) in [4.78, 5) is 25.2. The second-order valence-corrected chi connectivity index (χ2v) is 5.05. The third kappa shape index (κ3) is 6.31. The highest BCUT2D eigenvalue weighted by Crippen LogP contribution is 2.16. The average Bonchev–Trinajstić information content (AvgIpc) is 2.92. The highest BCUT2D eigenvalue weighted by molar-refractivity contribution is 9.10. The number of carbonyl (C=O) groups is 2. The predicted octanol–water partition coefficient (Wildman–Crippen LogP) is 2.47. The maximum atomic E-state index is 12.3. The Morgan fingerprint density at radius 1 is 1.33 bits per heavy atom. The van der Waals surface area contributed by atoms with Crippen molar-refractivity contribution in [3.63, 3.8) is 0 Å². The summed E-state index contributed by atoms with van der Waals surface area (Å²) in [7, 11) is 1.33. The van der Waals surface area contributed by atoms with E-state index in [1.807, 2.05) is 6.92 Å². The summed E-state index contributed by atoms with van der Waals surface area (Å²) >= 11 is 3.16. The van der Waals surface area contributed by atoms with Gasteiger partial charge in [0, 0.05) is 26.3 Å². The van der Waals surface area contributed by atoms with Crippen LogP contribution in [-0.4, -0.2) is 50.2 Å². The van der Waals surface area contributed by atoms with Gasteiger partial charge in [-0.15, -0.1) is 0 Å². The number of ether oxygens (including phenoxy) is 2. The van der Waals surface area contributed by atoms with Crippen LogP contribution in [0.25, 0.3) is 0 Å². The van der Waals surface area contributed by atoms with E-state index in [2.05, 4.69) is 20.7 Å². The summed E-state index contributed by atoms with van der Waals surface area (Å²) in [5, 5.41) is 0. The normalized spacial score (nSPS) is 10.4. The van der Waals surface area contributed by atoms with E-state index in [1.165, 1.54) is 7.11 Å². The maximum absolute atomic E-state index is 12.3. The minimum absolute atomic E-state index is 0.152. The Hall–Kier alpha value is -1.34. The number of nitrogens with zero attached hydrogens (tertiary/aromatic N) is 1. The summed E-state index contributed by atoms with van der Waals surface area (Å²) in [5.41, 5.74) is 0. The Labute approximate surface area is 132 Å². The van der Waals surface area contributed by atoms with Crippen molar-refractivity contribution in [1.29, 1.82) is 0 Å². The number of rotatable bonds is 9. The van der Waals surface area contributed by atoms with E-state index >= 15 is 0 Å². The summed E-state index contributed by atoms with van der Waals surface area (Å²) in [6.07, 6.45) is 0.849. The van der Waals surface area contributed by atoms with Crippen molar-refractivity contribution in [3.8, 4) is 0 Å². The van der Waals surface area contributed by atoms with E-state index < -0.39 is 0 Å². The maximum Gasteiger partial charge on any atom is 0.307 e. The van der Waals surface area contributed by atoms with Crippen LogP contribution < -0.4 is 0 Å². The van der Waals surface area contributed by atoms with Crippen LogP contribution in [0.4, 0.5) is 0 Å². The number of furan rings is 1. The molecule has 0 bridgehead atoms. The van der Waals surface area contributed by atoms with Gasteiger partial charge in [0.15, 0.2) is 10.4 Å². The number of hydrogen-bond donors (Lipinski definition) is 0. The Morgan fingerprint density at radius 2 is 2.10 bits per heavy atom. The number of hydrogen-bond acceptors (Lipinski definition) is 5. The first-order chi connectivity index (χ1) is 10.1. The fraction of sp³-hybridized carbons (Fsp3) is 0.571. The van der Waals surface area contributed by atoms with Crippen molar-refractivity contribution < 1.29 is 23.5 Å². The fourth-order valence-electron chi connectivity index (χ4n) is 1.73. The third-order valence-corrected chi connectivity index (χ3v) is 3.23. The van der Waals surface area contributed by atoms with E-state index in [4.69, 9.17) is 9.15 Å². The molecule has 0 spiro atoms. The Kier molecular flexibility index (Phi) is 8.07. The van der Waals surface area contributed by atoms with Crippen LogP contribution in [0.2, 0.25) is 0 Å². The van der Waals surface area contributed by atoms with Gasteiger partial charge in [-0.1, -0.05) is 0 Å². The standard InChI is InChI=1S/C14H20BrNO5/c1-3-20-10-4-8-16(9-7-13(17)19-2)14(18)11-5-6-12(15)21-11/h5-6H,3-4,7-10H2,1-2H3. The zero-order chi connectivity index (χ0) is 15.7. The lowest BCUT2D eigenvalue weighted by Crippen LogP contribution is -2.34. The molecule has 0 unspecified atom stereocenters. The van der Waals surface area contributed by atoms with Crippen LogP contribution in [0, 0.1) is 0 Å². The molecule has 7 heteroatoms. The molecule has 0 N–H and O–H groups in total. The van der Waals surface area contributed by atoms with Crippen molar-refractivity contribution in [2.24, 2.45) is 0 Å². The summed E-state index contributed by atoms with van der Waals surface area (Å²) < 4.78 is 15.6. The Morgan fingerprint density at radius 3 is 2.67 bits per heavy atom. The van der Waals surface area contributed by atoms with Gasteiger partial charge in [0.1, 0.15) is 0 Å². The molecule has 1 amide bonds. The van der Waals surface area contributed by atoms with Crippen molar-refractivity contribution >= 4 is 27.8 Å². The van der Waals surface area contributed by atoms with Gasteiger partial charge in [0.2, 0.25) is 0 Å². The molecule has 0 saturated heterocycles. The van der Waals surface area contributed by atoms with Gasteiger partial charge < -0.3 is 18.8 Å². The molecule has 1 rings (SSSR count). The zero-order valence-corrected chi connectivity index (χ0v) is 13.8. The number of methoxy groups -OCH3 is 1. The molecule has 0 aromatic carbocycles. The molecule has 118 valence electrons. The van der Waals surface area contributed by atoms with Gasteiger partial charge in [0.05, 0.1) is 13.5 Å². The summed E-state index contributed by atoms with van der Waals surface area (Å²) in [6.45, 7) is 3.91. The quantitative estimate of drug-likeness (QED) is 0.499. The molecule has 0 aliphatic rings. The number of esters is 1. The second kappa shape index (κ2) is 9.57.